The highest BCUT2D eigenvalue weighted by atomic mass is 32.1. The number of anilines is 1. The van der Waals surface area contributed by atoms with E-state index in [2.05, 4.69) is 26.1 Å². The number of hydrogen-bond acceptors (Lipinski definition) is 7. The third-order valence-corrected chi connectivity index (χ3v) is 7.22. The van der Waals surface area contributed by atoms with E-state index in [-0.39, 0.29) is 11.0 Å². The van der Waals surface area contributed by atoms with Gasteiger partial charge in [-0.15, -0.1) is 11.3 Å². The first kappa shape index (κ1) is 22.5. The van der Waals surface area contributed by atoms with Crippen LogP contribution in [0.2, 0.25) is 0 Å². The minimum Gasteiger partial charge on any atom is -0.550 e. The Kier molecular flexibility index (Phi) is 5.85. The lowest BCUT2D eigenvalue weighted by Gasteiger charge is -2.27. The molecule has 32 heavy (non-hydrogen) atoms. The molecule has 2 aromatic rings. The first-order valence-electron chi connectivity index (χ1n) is 10.6. The number of carbonyl (C=O) groups excluding carboxylic acids is 3. The van der Waals surface area contributed by atoms with Crippen molar-refractivity contribution in [2.45, 2.75) is 51.2 Å². The molecule has 2 fully saturated rings. The summed E-state index contributed by atoms with van der Waals surface area (Å²) in [4.78, 5) is 37.3. The van der Waals surface area contributed by atoms with Crippen molar-refractivity contribution in [1.29, 1.82) is 0 Å². The summed E-state index contributed by atoms with van der Waals surface area (Å²) in [7, 11) is 1.29. The molecule has 170 valence electrons. The quantitative estimate of drug-likeness (QED) is 0.694. The Morgan fingerprint density at radius 3 is 2.28 bits per heavy atom. The maximum atomic E-state index is 13.1. The van der Waals surface area contributed by atoms with Crippen LogP contribution in [0.25, 0.3) is 11.1 Å². The number of esters is 1. The number of nitrogens with one attached hydrogen (secondary N) is 1. The van der Waals surface area contributed by atoms with Gasteiger partial charge in [0.1, 0.15) is 10.6 Å². The van der Waals surface area contributed by atoms with E-state index >= 15 is 0 Å². The highest BCUT2D eigenvalue weighted by Gasteiger charge is 2.53. The summed E-state index contributed by atoms with van der Waals surface area (Å²) >= 11 is 1.20. The molecular weight excluding hydrogens is 430 g/mol. The van der Waals surface area contributed by atoms with Gasteiger partial charge in [-0.05, 0) is 29.4 Å². The highest BCUT2D eigenvalue weighted by Crippen LogP contribution is 2.44. The Balaban J connectivity index is 1.64. The van der Waals surface area contributed by atoms with Gasteiger partial charge in [-0.1, -0.05) is 45.0 Å². The fourth-order valence-corrected chi connectivity index (χ4v) is 5.58. The number of methoxy groups -OCH3 is 1. The molecule has 0 aliphatic carbocycles. The van der Waals surface area contributed by atoms with Gasteiger partial charge in [0.2, 0.25) is 5.91 Å². The van der Waals surface area contributed by atoms with Crippen molar-refractivity contribution in [2.75, 3.05) is 12.4 Å². The van der Waals surface area contributed by atoms with Gasteiger partial charge in [0, 0.05) is 22.8 Å². The lowest BCUT2D eigenvalue weighted by molar-refractivity contribution is -0.313. The van der Waals surface area contributed by atoms with Crippen LogP contribution in [0.15, 0.2) is 29.6 Å². The van der Waals surface area contributed by atoms with E-state index in [0.717, 1.165) is 11.1 Å². The van der Waals surface area contributed by atoms with Crippen molar-refractivity contribution in [3.8, 4) is 11.1 Å². The van der Waals surface area contributed by atoms with Crippen LogP contribution in [0.1, 0.15) is 49.5 Å². The maximum absolute atomic E-state index is 13.1. The molecule has 0 saturated carbocycles. The highest BCUT2D eigenvalue weighted by molar-refractivity contribution is 7.15. The van der Waals surface area contributed by atoms with Crippen LogP contribution in [-0.2, 0) is 24.5 Å². The van der Waals surface area contributed by atoms with Crippen LogP contribution in [0.4, 0.5) is 5.00 Å². The van der Waals surface area contributed by atoms with Crippen LogP contribution < -0.4 is 10.4 Å². The molecule has 7 nitrogen and oxygen atoms in total. The minimum atomic E-state index is -1.28. The molecule has 2 aliphatic rings. The van der Waals surface area contributed by atoms with Crippen molar-refractivity contribution >= 4 is 34.2 Å². The number of rotatable bonds is 5. The van der Waals surface area contributed by atoms with E-state index in [1.54, 1.807) is 5.38 Å². The van der Waals surface area contributed by atoms with Gasteiger partial charge >= 0.3 is 5.97 Å². The zero-order valence-electron chi connectivity index (χ0n) is 18.5. The van der Waals surface area contributed by atoms with E-state index in [1.165, 1.54) is 18.4 Å². The molecule has 2 bridgehead atoms. The van der Waals surface area contributed by atoms with Crippen molar-refractivity contribution in [1.82, 2.24) is 0 Å². The third kappa shape index (κ3) is 3.93. The summed E-state index contributed by atoms with van der Waals surface area (Å²) in [5.41, 5.74) is 2.89. The molecule has 2 aliphatic heterocycles. The molecule has 0 unspecified atom stereocenters. The second-order valence-electron chi connectivity index (χ2n) is 9.32. The first-order valence-corrected chi connectivity index (χ1v) is 11.5. The average molecular weight is 457 g/mol. The smallest absolute Gasteiger partial charge is 0.341 e. The molecule has 1 amide bonds. The fourth-order valence-electron chi connectivity index (χ4n) is 4.62. The number of carbonyl (C=O) groups is 3. The number of carboxylic acid groups (broad SMARTS) is 1. The fraction of sp³-hybridized carbons (Fsp3) is 0.458. The molecule has 0 radical (unpaired) electrons. The Bertz CT molecular complexity index is 1050. The molecule has 4 rings (SSSR count). The van der Waals surface area contributed by atoms with Crippen molar-refractivity contribution in [3.63, 3.8) is 0 Å². The SMILES string of the molecule is COC(=O)c1c(-c2ccc(C(C)(C)C)cc2)csc1NC(=O)[C@@H]1[C@@H](C(=O)[O-])[C@@H]2CC[C@H]1O2. The number of carboxylic acids is 1. The number of thiophene rings is 1. The molecule has 8 heteroatoms. The third-order valence-electron chi connectivity index (χ3n) is 6.33. The molecule has 3 heterocycles. The van der Waals surface area contributed by atoms with Crippen LogP contribution in [0.3, 0.4) is 0 Å². The number of fused-ring (bicyclic) bond motifs is 2. The van der Waals surface area contributed by atoms with Crippen LogP contribution in [-0.4, -0.2) is 37.2 Å². The van der Waals surface area contributed by atoms with Crippen molar-refractivity contribution < 1.29 is 29.0 Å². The van der Waals surface area contributed by atoms with E-state index in [1.807, 2.05) is 24.3 Å². The number of amides is 1. The molecule has 1 N–H and O–H groups in total. The standard InChI is InChI=1S/C24H27NO6S/c1-24(2,3)13-7-5-12(6-8-13)14-11-32-21(17(14)23(29)30-4)25-20(26)18-15-9-10-16(31-15)19(18)22(27)28/h5-8,11,15-16,18-19H,9-10H2,1-4H3,(H,25,26)(H,27,28)/p-1/t15-,16+,18+,19+/m1/s1. The predicted molar refractivity (Wildman–Crippen MR) is 118 cm³/mol. The molecule has 2 saturated heterocycles. The number of aliphatic carboxylic acids is 1. The summed E-state index contributed by atoms with van der Waals surface area (Å²) in [6.07, 6.45) is 0.287. The topological polar surface area (TPSA) is 105 Å². The van der Waals surface area contributed by atoms with E-state index in [0.29, 0.717) is 23.4 Å². The van der Waals surface area contributed by atoms with Crippen molar-refractivity contribution in [2.24, 2.45) is 11.8 Å². The Hall–Kier alpha value is -2.71. The average Bonchev–Trinajstić information content (AvgIpc) is 3.47. The van der Waals surface area contributed by atoms with E-state index in [4.69, 9.17) is 9.47 Å². The summed E-state index contributed by atoms with van der Waals surface area (Å²) in [5.74, 6) is -4.16. The largest absolute Gasteiger partial charge is 0.550 e. The van der Waals surface area contributed by atoms with Gasteiger partial charge in [0.15, 0.2) is 0 Å². The molecule has 1 aromatic carbocycles. The normalized spacial score (nSPS) is 24.4. The van der Waals surface area contributed by atoms with Crippen molar-refractivity contribution in [3.05, 3.63) is 40.8 Å². The zero-order valence-corrected chi connectivity index (χ0v) is 19.3. The second-order valence-corrected chi connectivity index (χ2v) is 10.2. The Labute approximate surface area is 190 Å². The lowest BCUT2D eigenvalue weighted by atomic mass is 9.78. The van der Waals surface area contributed by atoms with Crippen LogP contribution in [0.5, 0.6) is 0 Å². The monoisotopic (exact) mass is 456 g/mol. The van der Waals surface area contributed by atoms with Gasteiger partial charge < -0.3 is 24.7 Å². The van der Waals surface area contributed by atoms with Gasteiger partial charge in [-0.2, -0.15) is 0 Å². The van der Waals surface area contributed by atoms with E-state index < -0.39 is 41.9 Å². The zero-order chi connectivity index (χ0) is 23.2. The molecule has 4 atom stereocenters. The Morgan fingerprint density at radius 2 is 1.72 bits per heavy atom. The molecule has 1 aromatic heterocycles. The lowest BCUT2D eigenvalue weighted by Crippen LogP contribution is -2.46. The minimum absolute atomic E-state index is 0.00420. The summed E-state index contributed by atoms with van der Waals surface area (Å²) in [6, 6.07) is 7.92. The van der Waals surface area contributed by atoms with Gasteiger partial charge in [-0.25, -0.2) is 4.79 Å². The number of benzene rings is 1. The molecule has 0 spiro atoms. The maximum Gasteiger partial charge on any atom is 0.341 e. The van der Waals surface area contributed by atoms with Gasteiger partial charge in [0.25, 0.3) is 0 Å². The summed E-state index contributed by atoms with van der Waals surface area (Å²) < 4.78 is 10.6. The summed E-state index contributed by atoms with van der Waals surface area (Å²) in [6.45, 7) is 6.37. The van der Waals surface area contributed by atoms with Crippen LogP contribution >= 0.6 is 11.3 Å². The first-order chi connectivity index (χ1) is 15.1. The number of hydrogen-bond donors (Lipinski definition) is 1. The Morgan fingerprint density at radius 1 is 1.09 bits per heavy atom. The second kappa shape index (κ2) is 8.33. The predicted octanol–water partition coefficient (Wildman–Crippen LogP) is 2.98. The molecular formula is C24H26NO6S-. The summed E-state index contributed by atoms with van der Waals surface area (Å²) in [5, 5.41) is 16.5. The van der Waals surface area contributed by atoms with Gasteiger partial charge in [0.05, 0.1) is 25.2 Å². The number of ether oxygens (including phenoxy) is 2. The van der Waals surface area contributed by atoms with E-state index in [9.17, 15) is 19.5 Å². The van der Waals surface area contributed by atoms with Gasteiger partial charge in [-0.3, -0.25) is 4.79 Å². The van der Waals surface area contributed by atoms with Crippen LogP contribution in [0, 0.1) is 11.8 Å².